The van der Waals surface area contributed by atoms with E-state index >= 15 is 0 Å². The van der Waals surface area contributed by atoms with Crippen molar-refractivity contribution in [3.05, 3.63) is 40.4 Å². The van der Waals surface area contributed by atoms with Crippen molar-refractivity contribution in [2.45, 2.75) is 26.8 Å². The number of likely N-dealkylation sites (tertiary alicyclic amines) is 1. The summed E-state index contributed by atoms with van der Waals surface area (Å²) >= 11 is 0. The molecule has 0 spiro atoms. The second kappa shape index (κ2) is 6.66. The number of hydrogen-bond acceptors (Lipinski definition) is 4. The van der Waals surface area contributed by atoms with E-state index in [1.165, 1.54) is 29.1 Å². The van der Waals surface area contributed by atoms with Gasteiger partial charge in [0.05, 0.1) is 22.8 Å². The van der Waals surface area contributed by atoms with Crippen molar-refractivity contribution in [3.8, 4) is 0 Å². The molecular weight excluding hydrogens is 322 g/mol. The highest BCUT2D eigenvalue weighted by molar-refractivity contribution is 5.92. The first-order valence-electron chi connectivity index (χ1n) is 8.35. The van der Waals surface area contributed by atoms with E-state index in [1.807, 2.05) is 4.90 Å². The molecule has 1 fully saturated rings. The van der Waals surface area contributed by atoms with Gasteiger partial charge in [0, 0.05) is 13.1 Å². The maximum atomic E-state index is 12.6. The topological polar surface area (TPSA) is 92.5 Å². The van der Waals surface area contributed by atoms with Crippen molar-refractivity contribution in [1.82, 2.24) is 14.5 Å². The summed E-state index contributed by atoms with van der Waals surface area (Å²) in [6.07, 6.45) is 2.41. The van der Waals surface area contributed by atoms with Crippen LogP contribution in [0.2, 0.25) is 0 Å². The largest absolute Gasteiger partial charge is 0.478 e. The van der Waals surface area contributed by atoms with Gasteiger partial charge < -0.3 is 10.0 Å². The third-order valence-electron chi connectivity index (χ3n) is 4.60. The van der Waals surface area contributed by atoms with E-state index in [1.54, 1.807) is 0 Å². The Morgan fingerprint density at radius 3 is 2.56 bits per heavy atom. The number of carbonyl (C=O) groups is 2. The van der Waals surface area contributed by atoms with Crippen LogP contribution in [0.4, 0.5) is 0 Å². The molecule has 2 heterocycles. The van der Waals surface area contributed by atoms with Crippen LogP contribution in [0.1, 0.15) is 30.6 Å². The first kappa shape index (κ1) is 17.1. The minimum absolute atomic E-state index is 0.0537. The van der Waals surface area contributed by atoms with Crippen LogP contribution in [0.5, 0.6) is 0 Å². The van der Waals surface area contributed by atoms with Crippen molar-refractivity contribution in [2.24, 2.45) is 11.8 Å². The van der Waals surface area contributed by atoms with Crippen LogP contribution >= 0.6 is 0 Å². The summed E-state index contributed by atoms with van der Waals surface area (Å²) in [5.74, 6) is -0.262. The van der Waals surface area contributed by atoms with E-state index in [4.69, 9.17) is 5.11 Å². The molecule has 1 aromatic carbocycles. The van der Waals surface area contributed by atoms with Gasteiger partial charge in [-0.2, -0.15) is 0 Å². The number of rotatable bonds is 3. The lowest BCUT2D eigenvalue weighted by atomic mass is 9.92. The van der Waals surface area contributed by atoms with Crippen molar-refractivity contribution in [3.63, 3.8) is 0 Å². The van der Waals surface area contributed by atoms with E-state index in [-0.39, 0.29) is 23.6 Å². The van der Waals surface area contributed by atoms with Crippen LogP contribution in [0, 0.1) is 11.8 Å². The monoisotopic (exact) mass is 343 g/mol. The van der Waals surface area contributed by atoms with Crippen molar-refractivity contribution < 1.29 is 14.7 Å². The van der Waals surface area contributed by atoms with Gasteiger partial charge in [-0.25, -0.2) is 9.78 Å². The lowest BCUT2D eigenvalue weighted by Gasteiger charge is -2.35. The maximum Gasteiger partial charge on any atom is 0.335 e. The molecule has 7 heteroatoms. The zero-order valence-corrected chi connectivity index (χ0v) is 14.3. The minimum atomic E-state index is -1.07. The Kier molecular flexibility index (Phi) is 4.57. The van der Waals surface area contributed by atoms with E-state index in [2.05, 4.69) is 18.8 Å². The summed E-state index contributed by atoms with van der Waals surface area (Å²) in [5, 5.41) is 9.32. The van der Waals surface area contributed by atoms with Crippen LogP contribution in [0.15, 0.2) is 29.3 Å². The van der Waals surface area contributed by atoms with E-state index in [0.717, 1.165) is 6.42 Å². The van der Waals surface area contributed by atoms with Crippen LogP contribution in [-0.4, -0.2) is 44.5 Å². The number of aromatic carboxylic acids is 1. The molecule has 2 aromatic rings. The Morgan fingerprint density at radius 2 is 1.92 bits per heavy atom. The van der Waals surface area contributed by atoms with Crippen LogP contribution < -0.4 is 5.56 Å². The van der Waals surface area contributed by atoms with Gasteiger partial charge in [0.15, 0.2) is 0 Å². The van der Waals surface area contributed by atoms with Gasteiger partial charge >= 0.3 is 5.97 Å². The summed E-state index contributed by atoms with van der Waals surface area (Å²) in [6, 6.07) is 4.17. The maximum absolute atomic E-state index is 12.6. The predicted octanol–water partition coefficient (Wildman–Crippen LogP) is 1.60. The molecule has 132 valence electrons. The molecule has 1 saturated heterocycles. The number of piperidine rings is 1. The molecule has 0 radical (unpaired) electrons. The number of benzene rings is 1. The molecule has 0 aliphatic carbocycles. The lowest BCUT2D eigenvalue weighted by molar-refractivity contribution is -0.134. The average molecular weight is 343 g/mol. The van der Waals surface area contributed by atoms with Crippen molar-refractivity contribution in [1.29, 1.82) is 0 Å². The summed E-state index contributed by atoms with van der Waals surface area (Å²) in [6.45, 7) is 5.61. The Morgan fingerprint density at radius 1 is 1.24 bits per heavy atom. The molecule has 0 saturated carbocycles. The fourth-order valence-electron chi connectivity index (χ4n) is 3.52. The fraction of sp³-hybridized carbons (Fsp3) is 0.444. The second-order valence-electron chi connectivity index (χ2n) is 6.96. The molecule has 7 nitrogen and oxygen atoms in total. The number of amides is 1. The summed E-state index contributed by atoms with van der Waals surface area (Å²) in [7, 11) is 0. The highest BCUT2D eigenvalue weighted by Gasteiger charge is 2.25. The van der Waals surface area contributed by atoms with Gasteiger partial charge in [-0.3, -0.25) is 14.2 Å². The fourth-order valence-corrected chi connectivity index (χ4v) is 3.52. The highest BCUT2D eigenvalue weighted by Crippen LogP contribution is 2.21. The van der Waals surface area contributed by atoms with Crippen LogP contribution in [0.25, 0.3) is 10.9 Å². The molecular formula is C18H21N3O4. The van der Waals surface area contributed by atoms with Gasteiger partial charge in [0.1, 0.15) is 6.54 Å². The molecule has 0 unspecified atom stereocenters. The minimum Gasteiger partial charge on any atom is -0.478 e. The Hall–Kier alpha value is -2.70. The molecule has 1 amide bonds. The normalized spacial score (nSPS) is 20.6. The van der Waals surface area contributed by atoms with Crippen LogP contribution in [-0.2, 0) is 11.3 Å². The number of carbonyl (C=O) groups excluding carboxylic acids is 1. The van der Waals surface area contributed by atoms with Gasteiger partial charge in [-0.05, 0) is 36.5 Å². The third kappa shape index (κ3) is 3.55. The predicted molar refractivity (Wildman–Crippen MR) is 92.5 cm³/mol. The van der Waals surface area contributed by atoms with E-state index in [0.29, 0.717) is 35.8 Å². The zero-order chi connectivity index (χ0) is 18.1. The number of carboxylic acids is 1. The number of carboxylic acid groups (broad SMARTS) is 1. The highest BCUT2D eigenvalue weighted by atomic mass is 16.4. The molecule has 3 rings (SSSR count). The van der Waals surface area contributed by atoms with Crippen LogP contribution in [0.3, 0.4) is 0 Å². The van der Waals surface area contributed by atoms with Crippen molar-refractivity contribution in [2.75, 3.05) is 13.1 Å². The first-order chi connectivity index (χ1) is 11.8. The Labute approximate surface area is 144 Å². The summed E-state index contributed by atoms with van der Waals surface area (Å²) in [5.41, 5.74) is 0.0479. The van der Waals surface area contributed by atoms with Gasteiger partial charge in [-0.15, -0.1) is 0 Å². The molecule has 0 bridgehead atoms. The standard InChI is InChI=1S/C18H21N3O4/c1-11-5-12(2)8-20(7-11)16(22)9-21-10-19-15-6-13(18(24)25)3-4-14(15)17(21)23/h3-4,6,10-12H,5,7-9H2,1-2H3,(H,24,25)/t11-,12+. The second-order valence-corrected chi connectivity index (χ2v) is 6.96. The zero-order valence-electron chi connectivity index (χ0n) is 14.3. The van der Waals surface area contributed by atoms with Gasteiger partial charge in [0.25, 0.3) is 5.56 Å². The summed E-state index contributed by atoms with van der Waals surface area (Å²) in [4.78, 5) is 42.1. The third-order valence-corrected chi connectivity index (χ3v) is 4.60. The number of aromatic nitrogens is 2. The molecule has 1 N–H and O–H groups in total. The van der Waals surface area contributed by atoms with Crippen molar-refractivity contribution >= 4 is 22.8 Å². The Bertz CT molecular complexity index is 880. The van der Waals surface area contributed by atoms with Gasteiger partial charge in [0.2, 0.25) is 5.91 Å². The molecule has 2 atom stereocenters. The number of nitrogens with zero attached hydrogens (tertiary/aromatic N) is 3. The van der Waals surface area contributed by atoms with Gasteiger partial charge in [-0.1, -0.05) is 13.8 Å². The first-order valence-corrected chi connectivity index (χ1v) is 8.35. The smallest absolute Gasteiger partial charge is 0.335 e. The molecule has 1 aromatic heterocycles. The quantitative estimate of drug-likeness (QED) is 0.914. The summed E-state index contributed by atoms with van der Waals surface area (Å²) < 4.78 is 1.29. The molecule has 1 aliphatic rings. The average Bonchev–Trinajstić information content (AvgIpc) is 2.56. The number of hydrogen-bond donors (Lipinski definition) is 1. The van der Waals surface area contributed by atoms with E-state index < -0.39 is 5.97 Å². The SMILES string of the molecule is C[C@@H]1C[C@H](C)CN(C(=O)Cn2cnc3cc(C(=O)O)ccc3c2=O)C1. The molecule has 25 heavy (non-hydrogen) atoms. The lowest BCUT2D eigenvalue weighted by Crippen LogP contribution is -2.44. The number of fused-ring (bicyclic) bond motifs is 1. The molecule has 1 aliphatic heterocycles. The Balaban J connectivity index is 1.85. The van der Waals surface area contributed by atoms with E-state index in [9.17, 15) is 14.4 Å².